The number of hydrogen-bond acceptors (Lipinski definition) is 6. The Morgan fingerprint density at radius 1 is 0.911 bits per heavy atom. The summed E-state index contributed by atoms with van der Waals surface area (Å²) in [5, 5.41) is 15.1. The van der Waals surface area contributed by atoms with Crippen LogP contribution in [0.25, 0.3) is 0 Å². The molecular weight excluding hydrogens is 570 g/mol. The van der Waals surface area contributed by atoms with E-state index in [0.717, 1.165) is 57.9 Å². The Hall–Kier alpha value is -2.46. The highest BCUT2D eigenvalue weighted by molar-refractivity contribution is 5.97. The van der Waals surface area contributed by atoms with Gasteiger partial charge in [-0.3, -0.25) is 24.1 Å². The van der Waals surface area contributed by atoms with Crippen LogP contribution in [0.4, 0.5) is 0 Å². The number of likely N-dealkylation sites (tertiary alicyclic amines) is 2. The number of likely N-dealkylation sites (N-methyl/N-ethyl adjacent to an activating group) is 1. The first kappa shape index (κ1) is 38.7. The Bertz CT molecular complexity index is 1020. The van der Waals surface area contributed by atoms with Gasteiger partial charge in [-0.05, 0) is 77.2 Å². The second kappa shape index (κ2) is 18.0. The quantitative estimate of drug-likeness (QED) is 0.186. The second-order valence-corrected chi connectivity index (χ2v) is 14.8. The molecule has 0 aliphatic carbocycles. The van der Waals surface area contributed by atoms with Crippen LogP contribution in [-0.2, 0) is 19.2 Å². The number of hydrogen-bond donors (Lipinski definition) is 3. The van der Waals surface area contributed by atoms with Gasteiger partial charge >= 0.3 is 0 Å². The molecule has 2 rings (SSSR count). The van der Waals surface area contributed by atoms with Gasteiger partial charge < -0.3 is 25.5 Å². The van der Waals surface area contributed by atoms with Gasteiger partial charge in [-0.1, -0.05) is 60.0 Å². The molecule has 3 N–H and O–H groups in total. The summed E-state index contributed by atoms with van der Waals surface area (Å²) in [4.78, 5) is 59.9. The number of unbranched alkanes of at least 4 members (excludes halogenated alkanes) is 3. The van der Waals surface area contributed by atoms with Gasteiger partial charge in [0, 0.05) is 38.4 Å². The van der Waals surface area contributed by atoms with Crippen molar-refractivity contribution < 1.29 is 24.3 Å². The minimum Gasteiger partial charge on any atom is -0.396 e. The van der Waals surface area contributed by atoms with Gasteiger partial charge in [0.25, 0.3) is 0 Å². The minimum absolute atomic E-state index is 0.0105. The van der Waals surface area contributed by atoms with E-state index in [2.05, 4.69) is 29.4 Å². The fourth-order valence-corrected chi connectivity index (χ4v) is 6.60. The first-order valence-corrected chi connectivity index (χ1v) is 17.3. The molecular formula is C35H63N5O5. The van der Waals surface area contributed by atoms with Gasteiger partial charge in [0.15, 0.2) is 0 Å². The molecule has 2 aliphatic rings. The van der Waals surface area contributed by atoms with Gasteiger partial charge in [0.1, 0.15) is 12.1 Å². The third-order valence-corrected chi connectivity index (χ3v) is 9.35. The molecule has 2 saturated heterocycles. The van der Waals surface area contributed by atoms with Crippen molar-refractivity contribution in [3.05, 3.63) is 11.6 Å². The summed E-state index contributed by atoms with van der Waals surface area (Å²) in [7, 11) is 1.75. The fraction of sp³-hybridized carbons (Fsp3) is 0.829. The standard InChI is InChI=1S/C35H63N5O5/c1-24(2)29(23-26(5)33(44)40-21-16-18-27(40)31(42)36-19-13-10-11-15-22-41)38(9)34(45)30(35(6,7)8)37-32(43)28-17-12-14-20-39(28)25(3)4/h23-25,27-30,41H,10-22H2,1-9H3,(H,36,42)(H,37,43)/b26-23+/t27-,28+,29?,30+/m0/s1. The van der Waals surface area contributed by atoms with Gasteiger partial charge in [-0.2, -0.15) is 0 Å². The van der Waals surface area contributed by atoms with E-state index in [9.17, 15) is 19.2 Å². The number of nitrogens with zero attached hydrogens (tertiary/aromatic N) is 3. The summed E-state index contributed by atoms with van der Waals surface area (Å²) in [6, 6.07) is -1.61. The summed E-state index contributed by atoms with van der Waals surface area (Å²) in [6.07, 6.45) is 9.57. The SMILES string of the molecule is C/C(=C\C(C(C)C)N(C)C(=O)[C@@H](NC(=O)[C@H]1CCCCN1C(C)C)C(C)(C)C)C(=O)N1CCC[C@H]1C(=O)NCCCCCCO. The van der Waals surface area contributed by atoms with Gasteiger partial charge in [-0.25, -0.2) is 0 Å². The highest BCUT2D eigenvalue weighted by Gasteiger charge is 2.40. The number of aliphatic hydroxyl groups is 1. The lowest BCUT2D eigenvalue weighted by Crippen LogP contribution is -2.60. The number of aliphatic hydroxyl groups excluding tert-OH is 1. The monoisotopic (exact) mass is 633 g/mol. The summed E-state index contributed by atoms with van der Waals surface area (Å²) in [6.45, 7) is 18.0. The number of rotatable bonds is 15. The van der Waals surface area contributed by atoms with Crippen LogP contribution < -0.4 is 10.6 Å². The first-order valence-electron chi connectivity index (χ1n) is 17.3. The maximum atomic E-state index is 14.1. The summed E-state index contributed by atoms with van der Waals surface area (Å²) >= 11 is 0. The zero-order valence-corrected chi connectivity index (χ0v) is 29.7. The Labute approximate surface area is 272 Å². The predicted octanol–water partition coefficient (Wildman–Crippen LogP) is 3.87. The molecule has 0 bridgehead atoms. The molecule has 10 nitrogen and oxygen atoms in total. The average molecular weight is 634 g/mol. The first-order chi connectivity index (χ1) is 21.1. The molecule has 2 fully saturated rings. The normalized spacial score (nSPS) is 21.2. The summed E-state index contributed by atoms with van der Waals surface area (Å²) in [5.41, 5.74) is -0.0215. The molecule has 4 atom stereocenters. The lowest BCUT2D eigenvalue weighted by molar-refractivity contribution is -0.142. The zero-order valence-electron chi connectivity index (χ0n) is 29.7. The van der Waals surface area contributed by atoms with E-state index < -0.39 is 17.5 Å². The largest absolute Gasteiger partial charge is 0.396 e. The van der Waals surface area contributed by atoms with E-state index in [1.165, 1.54) is 0 Å². The van der Waals surface area contributed by atoms with Crippen LogP contribution in [0.1, 0.15) is 113 Å². The molecule has 0 saturated carbocycles. The summed E-state index contributed by atoms with van der Waals surface area (Å²) in [5.74, 6) is -0.585. The lowest BCUT2D eigenvalue weighted by atomic mass is 9.84. The van der Waals surface area contributed by atoms with Crippen LogP contribution >= 0.6 is 0 Å². The molecule has 0 spiro atoms. The average Bonchev–Trinajstić information content (AvgIpc) is 3.48. The molecule has 2 heterocycles. The van der Waals surface area contributed by atoms with E-state index in [0.29, 0.717) is 25.1 Å². The number of amides is 4. The van der Waals surface area contributed by atoms with Crippen molar-refractivity contribution >= 4 is 23.6 Å². The third kappa shape index (κ3) is 11.1. The van der Waals surface area contributed by atoms with E-state index in [4.69, 9.17) is 5.11 Å². The minimum atomic E-state index is -0.730. The number of nitrogens with one attached hydrogen (secondary N) is 2. The Kier molecular flexibility index (Phi) is 15.5. The van der Waals surface area contributed by atoms with Crippen molar-refractivity contribution in [3.8, 4) is 0 Å². The topological polar surface area (TPSA) is 122 Å². The third-order valence-electron chi connectivity index (χ3n) is 9.35. The van der Waals surface area contributed by atoms with Gasteiger partial charge in [-0.15, -0.1) is 0 Å². The van der Waals surface area contributed by atoms with Gasteiger partial charge in [0.2, 0.25) is 23.6 Å². The summed E-state index contributed by atoms with van der Waals surface area (Å²) < 4.78 is 0. The molecule has 0 aromatic rings. The van der Waals surface area contributed by atoms with Crippen molar-refractivity contribution in [1.29, 1.82) is 0 Å². The smallest absolute Gasteiger partial charge is 0.249 e. The Morgan fingerprint density at radius 2 is 1.56 bits per heavy atom. The van der Waals surface area contributed by atoms with Crippen LogP contribution in [0.5, 0.6) is 0 Å². The Morgan fingerprint density at radius 3 is 2.16 bits per heavy atom. The van der Waals surface area contributed by atoms with Crippen molar-refractivity contribution in [2.75, 3.05) is 33.3 Å². The second-order valence-electron chi connectivity index (χ2n) is 14.8. The van der Waals surface area contributed by atoms with E-state index in [1.54, 1.807) is 23.8 Å². The molecule has 1 unspecified atom stereocenters. The molecule has 4 amide bonds. The van der Waals surface area contributed by atoms with Crippen molar-refractivity contribution in [2.24, 2.45) is 11.3 Å². The number of carbonyl (C=O) groups is 4. The Balaban J connectivity index is 2.16. The fourth-order valence-electron chi connectivity index (χ4n) is 6.60. The zero-order chi connectivity index (χ0) is 33.9. The molecule has 10 heteroatoms. The van der Waals surface area contributed by atoms with Gasteiger partial charge in [0.05, 0.1) is 12.1 Å². The number of carbonyl (C=O) groups excluding carboxylic acids is 4. The highest BCUT2D eigenvalue weighted by Crippen LogP contribution is 2.27. The maximum Gasteiger partial charge on any atom is 0.249 e. The molecule has 0 radical (unpaired) electrons. The molecule has 258 valence electrons. The van der Waals surface area contributed by atoms with Crippen LogP contribution in [0, 0.1) is 11.3 Å². The van der Waals surface area contributed by atoms with Crippen molar-refractivity contribution in [3.63, 3.8) is 0 Å². The highest BCUT2D eigenvalue weighted by atomic mass is 16.3. The molecule has 45 heavy (non-hydrogen) atoms. The van der Waals surface area contributed by atoms with E-state index in [1.807, 2.05) is 40.7 Å². The maximum absolute atomic E-state index is 14.1. The lowest BCUT2D eigenvalue weighted by Gasteiger charge is -2.41. The van der Waals surface area contributed by atoms with E-state index in [-0.39, 0.29) is 54.3 Å². The predicted molar refractivity (Wildman–Crippen MR) is 179 cm³/mol. The van der Waals surface area contributed by atoms with Crippen LogP contribution in [0.15, 0.2) is 11.6 Å². The van der Waals surface area contributed by atoms with Crippen LogP contribution in [-0.4, -0.2) is 107 Å². The van der Waals surface area contributed by atoms with Crippen molar-refractivity contribution in [1.82, 2.24) is 25.3 Å². The van der Waals surface area contributed by atoms with Crippen LogP contribution in [0.2, 0.25) is 0 Å². The molecule has 2 aliphatic heterocycles. The number of piperidine rings is 1. The molecule has 0 aromatic carbocycles. The van der Waals surface area contributed by atoms with Crippen LogP contribution in [0.3, 0.4) is 0 Å². The van der Waals surface area contributed by atoms with Crippen molar-refractivity contribution in [2.45, 2.75) is 143 Å². The van der Waals surface area contributed by atoms with E-state index >= 15 is 0 Å². The molecule has 0 aromatic heterocycles.